The van der Waals surface area contributed by atoms with Gasteiger partial charge in [0.1, 0.15) is 5.78 Å². The highest BCUT2D eigenvalue weighted by atomic mass is 35.5. The molecule has 0 aromatic heterocycles. The lowest BCUT2D eigenvalue weighted by Crippen LogP contribution is -2.54. The van der Waals surface area contributed by atoms with E-state index >= 15 is 0 Å². The Balaban J connectivity index is 1.64. The van der Waals surface area contributed by atoms with E-state index in [-0.39, 0.29) is 30.6 Å². The monoisotopic (exact) mass is 448 g/mol. The molecule has 1 N–H and O–H groups in total. The van der Waals surface area contributed by atoms with Gasteiger partial charge < -0.3 is 10.0 Å². The number of carbonyl (C=O) groups excluding carboxylic acids is 2. The molecular formula is C25H37ClN2O3. The molecule has 1 heterocycles. The van der Waals surface area contributed by atoms with Gasteiger partial charge >= 0.3 is 0 Å². The summed E-state index contributed by atoms with van der Waals surface area (Å²) >= 11 is 6.39. The maximum atomic E-state index is 12.9. The number of hydrogen-bond acceptors (Lipinski definition) is 4. The molecule has 31 heavy (non-hydrogen) atoms. The number of hydrogen-bond donors (Lipinski definition) is 1. The molecule has 1 aliphatic heterocycles. The topological polar surface area (TPSA) is 60.9 Å². The highest BCUT2D eigenvalue weighted by Crippen LogP contribution is 2.29. The number of nitrogens with zero attached hydrogens (tertiary/aromatic N) is 2. The largest absolute Gasteiger partial charge is 0.390 e. The average molecular weight is 449 g/mol. The van der Waals surface area contributed by atoms with E-state index in [0.717, 1.165) is 55.7 Å². The van der Waals surface area contributed by atoms with Gasteiger partial charge in [0.05, 0.1) is 5.60 Å². The molecule has 0 spiro atoms. The lowest BCUT2D eigenvalue weighted by molar-refractivity contribution is -0.140. The summed E-state index contributed by atoms with van der Waals surface area (Å²) in [6.45, 7) is 10.7. The van der Waals surface area contributed by atoms with Crippen molar-refractivity contribution >= 4 is 23.3 Å². The molecule has 1 amide bonds. The van der Waals surface area contributed by atoms with Crippen molar-refractivity contribution in [3.8, 4) is 0 Å². The SMILES string of the molecule is Cc1c(CC(=O)CC(C)(C)O)cc(Cl)cc1CN1CCN(C(=O)C2CCCC2)[C@@H](C)C1. The molecule has 1 aromatic rings. The molecule has 1 atom stereocenters. The lowest BCUT2D eigenvalue weighted by atomic mass is 9.93. The Morgan fingerprint density at radius 3 is 2.42 bits per heavy atom. The second-order valence-electron chi connectivity index (χ2n) is 10.2. The number of aliphatic hydroxyl groups is 1. The van der Waals surface area contributed by atoms with Crippen LogP contribution in [0.2, 0.25) is 5.02 Å². The Bertz CT molecular complexity index is 812. The van der Waals surface area contributed by atoms with E-state index in [1.54, 1.807) is 13.8 Å². The van der Waals surface area contributed by atoms with E-state index in [9.17, 15) is 14.7 Å². The highest BCUT2D eigenvalue weighted by Gasteiger charge is 2.33. The van der Waals surface area contributed by atoms with E-state index in [1.807, 2.05) is 19.1 Å². The van der Waals surface area contributed by atoms with Crippen molar-refractivity contribution in [3.05, 3.63) is 33.8 Å². The molecule has 1 saturated carbocycles. The first-order chi connectivity index (χ1) is 14.5. The fourth-order valence-corrected chi connectivity index (χ4v) is 5.32. The number of Topliss-reactive ketones (excluding diaryl/α,β-unsaturated/α-hetero) is 1. The fourth-order valence-electron chi connectivity index (χ4n) is 5.05. The van der Waals surface area contributed by atoms with Crippen LogP contribution in [-0.4, -0.2) is 57.9 Å². The predicted molar refractivity (Wildman–Crippen MR) is 124 cm³/mol. The van der Waals surface area contributed by atoms with Crippen molar-refractivity contribution in [2.75, 3.05) is 19.6 Å². The fraction of sp³-hybridized carbons (Fsp3) is 0.680. The number of halogens is 1. The molecule has 172 valence electrons. The van der Waals surface area contributed by atoms with Gasteiger partial charge in [-0.2, -0.15) is 0 Å². The Morgan fingerprint density at radius 1 is 1.16 bits per heavy atom. The smallest absolute Gasteiger partial charge is 0.226 e. The first kappa shape index (κ1) is 24.2. The Morgan fingerprint density at radius 2 is 1.81 bits per heavy atom. The molecule has 2 aliphatic rings. The van der Waals surface area contributed by atoms with Crippen molar-refractivity contribution in [2.45, 2.75) is 84.4 Å². The van der Waals surface area contributed by atoms with Crippen LogP contribution in [0.4, 0.5) is 0 Å². The summed E-state index contributed by atoms with van der Waals surface area (Å²) in [6, 6.07) is 4.06. The zero-order valence-corrected chi connectivity index (χ0v) is 20.2. The number of ketones is 1. The van der Waals surface area contributed by atoms with Crippen LogP contribution in [0, 0.1) is 12.8 Å². The highest BCUT2D eigenvalue weighted by molar-refractivity contribution is 6.30. The van der Waals surface area contributed by atoms with E-state index in [4.69, 9.17) is 11.6 Å². The molecule has 0 radical (unpaired) electrons. The van der Waals surface area contributed by atoms with Gasteiger partial charge in [0.25, 0.3) is 0 Å². The van der Waals surface area contributed by atoms with Crippen LogP contribution < -0.4 is 0 Å². The average Bonchev–Trinajstić information content (AvgIpc) is 3.18. The minimum Gasteiger partial charge on any atom is -0.390 e. The van der Waals surface area contributed by atoms with Gasteiger partial charge in [-0.15, -0.1) is 0 Å². The Kier molecular flexibility index (Phi) is 7.82. The van der Waals surface area contributed by atoms with Gasteiger partial charge in [0.15, 0.2) is 0 Å². The number of benzene rings is 1. The van der Waals surface area contributed by atoms with Crippen molar-refractivity contribution in [1.29, 1.82) is 0 Å². The van der Waals surface area contributed by atoms with Gasteiger partial charge in [-0.3, -0.25) is 14.5 Å². The van der Waals surface area contributed by atoms with Crippen molar-refractivity contribution in [2.24, 2.45) is 5.92 Å². The minimum atomic E-state index is -1.00. The van der Waals surface area contributed by atoms with Crippen molar-refractivity contribution in [3.63, 3.8) is 0 Å². The third-order valence-electron chi connectivity index (χ3n) is 6.70. The summed E-state index contributed by atoms with van der Waals surface area (Å²) in [7, 11) is 0. The van der Waals surface area contributed by atoms with Gasteiger partial charge in [-0.05, 0) is 69.4 Å². The molecule has 6 heteroatoms. The summed E-state index contributed by atoms with van der Waals surface area (Å²) in [5.74, 6) is 0.584. The van der Waals surface area contributed by atoms with E-state index in [1.165, 1.54) is 12.8 Å². The summed E-state index contributed by atoms with van der Waals surface area (Å²) in [6.07, 6.45) is 4.86. The van der Waals surface area contributed by atoms with Gasteiger partial charge in [0.2, 0.25) is 5.91 Å². The summed E-state index contributed by atoms with van der Waals surface area (Å²) in [4.78, 5) is 29.7. The van der Waals surface area contributed by atoms with E-state index < -0.39 is 5.60 Å². The molecule has 1 aromatic carbocycles. The molecular weight excluding hydrogens is 412 g/mol. The first-order valence-electron chi connectivity index (χ1n) is 11.6. The number of rotatable bonds is 7. The molecule has 0 unspecified atom stereocenters. The first-order valence-corrected chi connectivity index (χ1v) is 12.0. The second-order valence-corrected chi connectivity index (χ2v) is 10.6. The molecule has 0 bridgehead atoms. The van der Waals surface area contributed by atoms with Gasteiger partial charge in [-0.25, -0.2) is 0 Å². The lowest BCUT2D eigenvalue weighted by Gasteiger charge is -2.41. The van der Waals surface area contributed by atoms with Crippen LogP contribution >= 0.6 is 11.6 Å². The third kappa shape index (κ3) is 6.53. The molecule has 1 aliphatic carbocycles. The molecule has 1 saturated heterocycles. The van der Waals surface area contributed by atoms with Crippen LogP contribution in [0.5, 0.6) is 0 Å². The summed E-state index contributed by atoms with van der Waals surface area (Å²) < 4.78 is 0. The van der Waals surface area contributed by atoms with Crippen LogP contribution in [0.15, 0.2) is 12.1 Å². The second kappa shape index (κ2) is 10.0. The zero-order valence-electron chi connectivity index (χ0n) is 19.4. The quantitative estimate of drug-likeness (QED) is 0.680. The third-order valence-corrected chi connectivity index (χ3v) is 6.92. The van der Waals surface area contributed by atoms with Crippen LogP contribution in [-0.2, 0) is 22.6 Å². The predicted octanol–water partition coefficient (Wildman–Crippen LogP) is 4.14. The van der Waals surface area contributed by atoms with Crippen LogP contribution in [0.1, 0.15) is 69.6 Å². The normalized spacial score (nSPS) is 21.0. The number of amides is 1. The Labute approximate surface area is 191 Å². The van der Waals surface area contributed by atoms with Crippen LogP contribution in [0.25, 0.3) is 0 Å². The molecule has 3 rings (SSSR count). The zero-order chi connectivity index (χ0) is 22.8. The standard InChI is InChI=1S/C25H37ClN2O3/c1-17-15-27(9-10-28(17)24(30)19-7-5-6-8-19)16-21-12-22(26)11-20(18(21)2)13-23(29)14-25(3,4)31/h11-12,17,19,31H,5-10,13-16H2,1-4H3/t17-/m0/s1. The number of carbonyl (C=O) groups is 2. The summed E-state index contributed by atoms with van der Waals surface area (Å²) in [5.41, 5.74) is 2.14. The van der Waals surface area contributed by atoms with Crippen molar-refractivity contribution in [1.82, 2.24) is 9.80 Å². The van der Waals surface area contributed by atoms with Gasteiger partial charge in [0, 0.05) is 56.0 Å². The minimum absolute atomic E-state index is 0.0106. The van der Waals surface area contributed by atoms with Crippen LogP contribution in [0.3, 0.4) is 0 Å². The maximum Gasteiger partial charge on any atom is 0.226 e. The van der Waals surface area contributed by atoms with Gasteiger partial charge in [-0.1, -0.05) is 24.4 Å². The van der Waals surface area contributed by atoms with Crippen molar-refractivity contribution < 1.29 is 14.7 Å². The maximum absolute atomic E-state index is 12.9. The molecule has 2 fully saturated rings. The van der Waals surface area contributed by atoms with E-state index in [2.05, 4.69) is 16.7 Å². The molecule has 5 nitrogen and oxygen atoms in total. The number of piperazine rings is 1. The van der Waals surface area contributed by atoms with E-state index in [0.29, 0.717) is 10.9 Å². The Hall–Kier alpha value is -1.43. The summed E-state index contributed by atoms with van der Waals surface area (Å²) in [5, 5.41) is 10.6.